The number of nitrogens with zero attached hydrogens (tertiary/aromatic N) is 4. The van der Waals surface area contributed by atoms with E-state index in [0.717, 1.165) is 21.9 Å². The Labute approximate surface area is 193 Å². The highest BCUT2D eigenvalue weighted by Gasteiger charge is 2.32. The second-order valence-corrected chi connectivity index (χ2v) is 9.25. The monoisotopic (exact) mass is 470 g/mol. The molecule has 0 saturated carbocycles. The first-order valence-corrected chi connectivity index (χ1v) is 11.6. The standard InChI is InChI=1S/C22H19ClN4O2S2/c1-3-27-20(28)19(31-22(27)24-21-26-25-14(2)30-21)12-15-6-10-18(11-7-15)29-13-16-4-8-17(23)9-5-16/h4-12H,3,13H2,1-2H3/b19-12-,24-22+. The summed E-state index contributed by atoms with van der Waals surface area (Å²) in [4.78, 5) is 19.6. The number of hydrogen-bond acceptors (Lipinski definition) is 7. The van der Waals surface area contributed by atoms with Gasteiger partial charge in [-0.15, -0.1) is 10.2 Å². The largest absolute Gasteiger partial charge is 0.489 e. The van der Waals surface area contributed by atoms with Crippen molar-refractivity contribution in [3.8, 4) is 5.75 Å². The lowest BCUT2D eigenvalue weighted by Crippen LogP contribution is -2.28. The number of thioether (sulfide) groups is 1. The molecule has 6 nitrogen and oxygen atoms in total. The number of carbonyl (C=O) groups excluding carboxylic acids is 1. The molecule has 0 aliphatic carbocycles. The van der Waals surface area contributed by atoms with Crippen LogP contribution < -0.4 is 4.74 Å². The van der Waals surface area contributed by atoms with Gasteiger partial charge in [-0.25, -0.2) is 0 Å². The normalized spacial score (nSPS) is 16.5. The van der Waals surface area contributed by atoms with Gasteiger partial charge in [-0.2, -0.15) is 4.99 Å². The zero-order valence-corrected chi connectivity index (χ0v) is 19.3. The van der Waals surface area contributed by atoms with E-state index in [1.54, 1.807) is 4.90 Å². The summed E-state index contributed by atoms with van der Waals surface area (Å²) >= 11 is 8.65. The topological polar surface area (TPSA) is 67.7 Å². The first kappa shape index (κ1) is 21.5. The Morgan fingerprint density at radius 3 is 2.52 bits per heavy atom. The molecule has 0 radical (unpaired) electrons. The lowest BCUT2D eigenvalue weighted by molar-refractivity contribution is -0.122. The highest BCUT2D eigenvalue weighted by molar-refractivity contribution is 8.18. The number of rotatable bonds is 6. The average Bonchev–Trinajstić information content (AvgIpc) is 3.31. The van der Waals surface area contributed by atoms with Crippen LogP contribution in [0, 0.1) is 6.92 Å². The lowest BCUT2D eigenvalue weighted by atomic mass is 10.2. The number of likely N-dealkylation sites (N-methyl/N-ethyl adjacent to an activating group) is 1. The Morgan fingerprint density at radius 2 is 1.87 bits per heavy atom. The van der Waals surface area contributed by atoms with Gasteiger partial charge in [-0.05, 0) is 67.1 Å². The van der Waals surface area contributed by atoms with Crippen LogP contribution in [0.15, 0.2) is 58.4 Å². The zero-order valence-electron chi connectivity index (χ0n) is 16.9. The molecule has 1 amide bonds. The molecule has 0 bridgehead atoms. The number of ether oxygens (including phenoxy) is 1. The number of aromatic nitrogens is 2. The molecule has 0 atom stereocenters. The Kier molecular flexibility index (Phi) is 6.70. The van der Waals surface area contributed by atoms with Gasteiger partial charge in [0, 0.05) is 11.6 Å². The van der Waals surface area contributed by atoms with Gasteiger partial charge in [0.25, 0.3) is 5.91 Å². The molecule has 1 fully saturated rings. The molecule has 31 heavy (non-hydrogen) atoms. The SMILES string of the molecule is CCN1C(=O)/C(=C/c2ccc(OCc3ccc(Cl)cc3)cc2)S/C1=N/c1nnc(C)s1. The van der Waals surface area contributed by atoms with E-state index in [-0.39, 0.29) is 5.91 Å². The minimum Gasteiger partial charge on any atom is -0.489 e. The fraction of sp³-hybridized carbons (Fsp3) is 0.182. The molecule has 0 N–H and O–H groups in total. The van der Waals surface area contributed by atoms with Crippen molar-refractivity contribution in [2.75, 3.05) is 6.54 Å². The smallest absolute Gasteiger partial charge is 0.266 e. The Balaban J connectivity index is 1.45. The van der Waals surface area contributed by atoms with E-state index in [9.17, 15) is 4.79 Å². The van der Waals surface area contributed by atoms with Crippen LogP contribution in [0.4, 0.5) is 5.13 Å². The molecule has 1 aliphatic heterocycles. The van der Waals surface area contributed by atoms with Crippen molar-refractivity contribution in [3.63, 3.8) is 0 Å². The predicted molar refractivity (Wildman–Crippen MR) is 127 cm³/mol. The molecule has 2 heterocycles. The number of hydrogen-bond donors (Lipinski definition) is 0. The molecule has 0 unspecified atom stereocenters. The van der Waals surface area contributed by atoms with Gasteiger partial charge < -0.3 is 4.74 Å². The summed E-state index contributed by atoms with van der Waals surface area (Å²) in [6, 6.07) is 15.2. The second kappa shape index (κ2) is 9.64. The molecule has 1 aliphatic rings. The number of carbonyl (C=O) groups is 1. The Bertz CT molecular complexity index is 1140. The van der Waals surface area contributed by atoms with E-state index in [4.69, 9.17) is 16.3 Å². The lowest BCUT2D eigenvalue weighted by Gasteiger charge is -2.11. The van der Waals surface area contributed by atoms with Crippen LogP contribution in [0.5, 0.6) is 5.75 Å². The van der Waals surface area contributed by atoms with E-state index in [1.807, 2.05) is 68.5 Å². The Morgan fingerprint density at radius 1 is 1.13 bits per heavy atom. The maximum atomic E-state index is 12.8. The van der Waals surface area contributed by atoms with Crippen molar-refractivity contribution in [3.05, 3.63) is 74.6 Å². The second-order valence-electron chi connectivity index (χ2n) is 6.64. The van der Waals surface area contributed by atoms with Gasteiger partial charge in [-0.1, -0.05) is 47.2 Å². The number of halogens is 1. The fourth-order valence-corrected chi connectivity index (χ4v) is 4.63. The third kappa shape index (κ3) is 5.33. The van der Waals surface area contributed by atoms with Gasteiger partial charge in [-0.3, -0.25) is 9.69 Å². The molecule has 9 heteroatoms. The van der Waals surface area contributed by atoms with Crippen LogP contribution in [0.1, 0.15) is 23.1 Å². The number of aryl methyl sites for hydroxylation is 1. The Hall–Kier alpha value is -2.68. The van der Waals surface area contributed by atoms with Crippen molar-refractivity contribution >= 4 is 57.0 Å². The maximum absolute atomic E-state index is 12.8. The first-order valence-electron chi connectivity index (χ1n) is 9.59. The molecule has 0 spiro atoms. The maximum Gasteiger partial charge on any atom is 0.266 e. The summed E-state index contributed by atoms with van der Waals surface area (Å²) in [6.45, 7) is 4.80. The zero-order chi connectivity index (χ0) is 21.8. The van der Waals surface area contributed by atoms with E-state index < -0.39 is 0 Å². The molecule has 4 rings (SSSR count). The van der Waals surface area contributed by atoms with Gasteiger partial charge >= 0.3 is 0 Å². The van der Waals surface area contributed by atoms with E-state index in [1.165, 1.54) is 23.1 Å². The number of benzene rings is 2. The molecule has 3 aromatic rings. The van der Waals surface area contributed by atoms with Gasteiger partial charge in [0.05, 0.1) is 4.91 Å². The quantitative estimate of drug-likeness (QED) is 0.432. The summed E-state index contributed by atoms with van der Waals surface area (Å²) in [5.41, 5.74) is 1.96. The first-order chi connectivity index (χ1) is 15.0. The number of amidine groups is 1. The summed E-state index contributed by atoms with van der Waals surface area (Å²) < 4.78 is 5.82. The molecular weight excluding hydrogens is 452 g/mol. The summed E-state index contributed by atoms with van der Waals surface area (Å²) in [5, 5.41) is 10.7. The third-order valence-corrected chi connectivity index (χ3v) is 6.40. The van der Waals surface area contributed by atoms with Gasteiger partial charge in [0.15, 0.2) is 5.17 Å². The predicted octanol–water partition coefficient (Wildman–Crippen LogP) is 5.70. The summed E-state index contributed by atoms with van der Waals surface area (Å²) in [5.74, 6) is 0.696. The van der Waals surface area contributed by atoms with Crippen LogP contribution in [-0.2, 0) is 11.4 Å². The van der Waals surface area contributed by atoms with Crippen LogP contribution in [0.2, 0.25) is 5.02 Å². The molecular formula is C22H19ClN4O2S2. The van der Waals surface area contributed by atoms with Crippen molar-refractivity contribution < 1.29 is 9.53 Å². The van der Waals surface area contributed by atoms with Crippen LogP contribution in [-0.4, -0.2) is 32.7 Å². The number of aliphatic imine (C=N–C) groups is 1. The number of amides is 1. The van der Waals surface area contributed by atoms with E-state index in [2.05, 4.69) is 15.2 Å². The fourth-order valence-electron chi connectivity index (χ4n) is 2.84. The van der Waals surface area contributed by atoms with Crippen molar-refractivity contribution in [2.24, 2.45) is 4.99 Å². The molecule has 158 valence electrons. The van der Waals surface area contributed by atoms with Crippen LogP contribution in [0.3, 0.4) is 0 Å². The highest BCUT2D eigenvalue weighted by atomic mass is 35.5. The van der Waals surface area contributed by atoms with Crippen molar-refractivity contribution in [1.82, 2.24) is 15.1 Å². The molecule has 1 saturated heterocycles. The van der Waals surface area contributed by atoms with Crippen LogP contribution in [0.25, 0.3) is 6.08 Å². The van der Waals surface area contributed by atoms with Crippen LogP contribution >= 0.6 is 34.7 Å². The van der Waals surface area contributed by atoms with Gasteiger partial charge in [0.1, 0.15) is 17.4 Å². The van der Waals surface area contributed by atoms with E-state index >= 15 is 0 Å². The third-order valence-electron chi connectivity index (χ3n) is 4.41. The summed E-state index contributed by atoms with van der Waals surface area (Å²) in [6.07, 6.45) is 1.87. The van der Waals surface area contributed by atoms with Crippen molar-refractivity contribution in [2.45, 2.75) is 20.5 Å². The van der Waals surface area contributed by atoms with Gasteiger partial charge in [0.2, 0.25) is 5.13 Å². The molecule has 1 aromatic heterocycles. The minimum atomic E-state index is -0.0597. The highest BCUT2D eigenvalue weighted by Crippen LogP contribution is 2.34. The minimum absolute atomic E-state index is 0.0597. The molecule has 2 aromatic carbocycles. The van der Waals surface area contributed by atoms with E-state index in [0.29, 0.717) is 33.4 Å². The van der Waals surface area contributed by atoms with Crippen molar-refractivity contribution in [1.29, 1.82) is 0 Å². The average molecular weight is 471 g/mol. The summed E-state index contributed by atoms with van der Waals surface area (Å²) in [7, 11) is 0.